The highest BCUT2D eigenvalue weighted by atomic mass is 16.5. The molecule has 0 aliphatic rings. The quantitative estimate of drug-likeness (QED) is 0.214. The van der Waals surface area contributed by atoms with Crippen LogP contribution >= 0.6 is 0 Å². The maximum absolute atomic E-state index is 10.1. The second-order valence-corrected chi connectivity index (χ2v) is 10.8. The lowest BCUT2D eigenvalue weighted by molar-refractivity contribution is 0.415. The van der Waals surface area contributed by atoms with E-state index in [1.54, 1.807) is 19.2 Å². The molecule has 6 aromatic carbocycles. The summed E-state index contributed by atoms with van der Waals surface area (Å²) >= 11 is 0. The highest BCUT2D eigenvalue weighted by Crippen LogP contribution is 2.42. The number of ether oxygens (including phenoxy) is 1. The lowest BCUT2D eigenvalue weighted by Crippen LogP contribution is -1.98. The summed E-state index contributed by atoms with van der Waals surface area (Å²) in [6.07, 6.45) is 0. The van der Waals surface area contributed by atoms with Gasteiger partial charge in [0, 0.05) is 27.2 Å². The van der Waals surface area contributed by atoms with Crippen LogP contribution in [0.15, 0.2) is 127 Å². The summed E-state index contributed by atoms with van der Waals surface area (Å²) in [7, 11) is 1.67. The molecule has 0 saturated heterocycles. The molecule has 8 aromatic rings. The number of aromatic nitrogens is 2. The fourth-order valence-electron chi connectivity index (χ4n) is 6.56. The van der Waals surface area contributed by atoms with Gasteiger partial charge in [-0.25, -0.2) is 0 Å². The summed E-state index contributed by atoms with van der Waals surface area (Å²) in [5.41, 5.74) is 9.12. The van der Waals surface area contributed by atoms with Gasteiger partial charge in [-0.15, -0.1) is 0 Å². The lowest BCUT2D eigenvalue weighted by Gasteiger charge is -2.11. The first-order valence-electron chi connectivity index (χ1n) is 14.3. The molecule has 0 fully saturated rings. The van der Waals surface area contributed by atoms with Crippen LogP contribution in [0.2, 0.25) is 0 Å². The Morgan fingerprint density at radius 3 is 2.16 bits per heavy atom. The van der Waals surface area contributed by atoms with E-state index < -0.39 is 0 Å². The number of methoxy groups -OCH3 is 1. The van der Waals surface area contributed by atoms with Crippen molar-refractivity contribution >= 4 is 43.6 Å². The Kier molecular flexibility index (Phi) is 5.72. The molecule has 0 spiro atoms. The van der Waals surface area contributed by atoms with Gasteiger partial charge in [-0.3, -0.25) is 0 Å². The van der Waals surface area contributed by atoms with Crippen molar-refractivity contribution < 1.29 is 4.74 Å². The van der Waals surface area contributed by atoms with E-state index in [1.807, 2.05) is 24.3 Å². The van der Waals surface area contributed by atoms with E-state index in [9.17, 15) is 10.5 Å². The summed E-state index contributed by atoms with van der Waals surface area (Å²) in [5, 5.41) is 24.0. The minimum absolute atomic E-state index is 0.442. The largest absolute Gasteiger partial charge is 0.497 e. The predicted octanol–water partition coefficient (Wildman–Crippen LogP) is 9.30. The van der Waals surface area contributed by atoms with Gasteiger partial charge in [-0.05, 0) is 77.9 Å². The van der Waals surface area contributed by atoms with Gasteiger partial charge < -0.3 is 13.9 Å². The summed E-state index contributed by atoms with van der Waals surface area (Å²) in [6.45, 7) is 0. The second-order valence-electron chi connectivity index (χ2n) is 10.8. The van der Waals surface area contributed by atoms with E-state index in [1.165, 1.54) is 10.8 Å². The number of nitrogens with zero attached hydrogens (tertiary/aromatic N) is 4. The average Bonchev–Trinajstić information content (AvgIpc) is 3.60. The molecule has 44 heavy (non-hydrogen) atoms. The van der Waals surface area contributed by atoms with Crippen molar-refractivity contribution in [1.82, 2.24) is 9.13 Å². The zero-order chi connectivity index (χ0) is 29.8. The number of benzene rings is 6. The number of fused-ring (bicyclic) bond motifs is 6. The number of hydrogen-bond acceptors (Lipinski definition) is 3. The Hall–Kier alpha value is -6.30. The SMILES string of the molecule is COc1ccc2c(c1)c1c(-c3ccc4c5ccccc5n(-c5ccccc5)c4c3)cccc1n2-c1ccc(C#N)cc1C#N. The third-order valence-electron chi connectivity index (χ3n) is 8.48. The van der Waals surface area contributed by atoms with Crippen molar-refractivity contribution in [2.24, 2.45) is 0 Å². The van der Waals surface area contributed by atoms with E-state index >= 15 is 0 Å². The van der Waals surface area contributed by atoms with E-state index in [0.717, 1.165) is 61.1 Å². The maximum Gasteiger partial charge on any atom is 0.119 e. The first-order valence-corrected chi connectivity index (χ1v) is 14.3. The van der Waals surface area contributed by atoms with Gasteiger partial charge in [0.2, 0.25) is 0 Å². The molecule has 0 bridgehead atoms. The van der Waals surface area contributed by atoms with E-state index in [4.69, 9.17) is 4.74 Å². The first-order chi connectivity index (χ1) is 21.7. The van der Waals surface area contributed by atoms with Crippen molar-refractivity contribution in [3.63, 3.8) is 0 Å². The molecule has 2 heterocycles. The highest BCUT2D eigenvalue weighted by molar-refractivity contribution is 6.17. The van der Waals surface area contributed by atoms with Crippen molar-refractivity contribution in [2.75, 3.05) is 7.11 Å². The molecular weight excluding hydrogens is 540 g/mol. The molecule has 0 N–H and O–H groups in total. The van der Waals surface area contributed by atoms with Crippen LogP contribution in [0.4, 0.5) is 0 Å². The molecule has 0 aliphatic carbocycles. The Balaban J connectivity index is 1.46. The first kappa shape index (κ1) is 25.4. The highest BCUT2D eigenvalue weighted by Gasteiger charge is 2.20. The summed E-state index contributed by atoms with van der Waals surface area (Å²) in [5.74, 6) is 0.756. The van der Waals surface area contributed by atoms with Gasteiger partial charge in [0.05, 0.1) is 52.1 Å². The lowest BCUT2D eigenvalue weighted by atomic mass is 9.98. The molecule has 206 valence electrons. The van der Waals surface area contributed by atoms with Crippen LogP contribution in [-0.2, 0) is 0 Å². The molecule has 0 amide bonds. The third-order valence-corrected chi connectivity index (χ3v) is 8.48. The summed E-state index contributed by atoms with van der Waals surface area (Å²) in [4.78, 5) is 0. The van der Waals surface area contributed by atoms with Crippen LogP contribution < -0.4 is 4.74 Å². The topological polar surface area (TPSA) is 66.7 Å². The van der Waals surface area contributed by atoms with Gasteiger partial charge in [0.15, 0.2) is 0 Å². The van der Waals surface area contributed by atoms with E-state index in [-0.39, 0.29) is 0 Å². The minimum Gasteiger partial charge on any atom is -0.497 e. The second kappa shape index (κ2) is 9.91. The summed E-state index contributed by atoms with van der Waals surface area (Å²) < 4.78 is 10.1. The Bertz CT molecular complexity index is 2510. The van der Waals surface area contributed by atoms with Gasteiger partial charge in [-0.1, -0.05) is 60.7 Å². The normalized spacial score (nSPS) is 11.2. The molecular formula is C39H24N4O. The van der Waals surface area contributed by atoms with Crippen molar-refractivity contribution in [2.45, 2.75) is 0 Å². The molecule has 0 unspecified atom stereocenters. The zero-order valence-corrected chi connectivity index (χ0v) is 23.8. The van der Waals surface area contributed by atoms with Crippen LogP contribution in [0.25, 0.3) is 66.1 Å². The molecule has 0 atom stereocenters. The fourth-order valence-corrected chi connectivity index (χ4v) is 6.56. The monoisotopic (exact) mass is 564 g/mol. The molecule has 0 aliphatic heterocycles. The van der Waals surface area contributed by atoms with Crippen molar-refractivity contribution in [1.29, 1.82) is 10.5 Å². The molecule has 2 aromatic heterocycles. The van der Waals surface area contributed by atoms with Crippen LogP contribution in [0.1, 0.15) is 11.1 Å². The molecule has 8 rings (SSSR count). The number of hydrogen-bond donors (Lipinski definition) is 0. The van der Waals surface area contributed by atoms with Crippen molar-refractivity contribution in [3.05, 3.63) is 139 Å². The predicted molar refractivity (Wildman–Crippen MR) is 177 cm³/mol. The molecule has 5 heteroatoms. The summed E-state index contributed by atoms with van der Waals surface area (Å²) in [6, 6.07) is 47.8. The van der Waals surface area contributed by atoms with Gasteiger partial charge >= 0.3 is 0 Å². The zero-order valence-electron chi connectivity index (χ0n) is 23.8. The smallest absolute Gasteiger partial charge is 0.119 e. The fraction of sp³-hybridized carbons (Fsp3) is 0.0256. The molecule has 0 radical (unpaired) electrons. The van der Waals surface area contributed by atoms with Gasteiger partial charge in [0.1, 0.15) is 11.8 Å². The third kappa shape index (κ3) is 3.71. The van der Waals surface area contributed by atoms with E-state index in [2.05, 4.69) is 112 Å². The van der Waals surface area contributed by atoms with Crippen LogP contribution in [0, 0.1) is 22.7 Å². The Morgan fingerprint density at radius 2 is 1.34 bits per heavy atom. The molecule has 5 nitrogen and oxygen atoms in total. The minimum atomic E-state index is 0.442. The Morgan fingerprint density at radius 1 is 0.568 bits per heavy atom. The van der Waals surface area contributed by atoms with Crippen LogP contribution in [-0.4, -0.2) is 16.2 Å². The number of para-hydroxylation sites is 2. The number of nitriles is 2. The van der Waals surface area contributed by atoms with Gasteiger partial charge in [-0.2, -0.15) is 10.5 Å². The number of rotatable bonds is 4. The van der Waals surface area contributed by atoms with E-state index in [0.29, 0.717) is 11.1 Å². The average molecular weight is 565 g/mol. The Labute approximate surface area is 253 Å². The van der Waals surface area contributed by atoms with Crippen molar-refractivity contribution in [3.8, 4) is 40.4 Å². The van der Waals surface area contributed by atoms with Crippen LogP contribution in [0.5, 0.6) is 5.75 Å². The van der Waals surface area contributed by atoms with Gasteiger partial charge in [0.25, 0.3) is 0 Å². The standard InChI is InChI=1S/C39H24N4O/c1-44-29-16-19-36-33(22-29)39-30(11-7-13-37(39)43(36)34-18-14-25(23-40)20-27(34)24-41)26-15-17-32-31-10-5-6-12-35(31)42(38(32)21-26)28-8-3-2-4-9-28/h2-22H,1H3. The maximum atomic E-state index is 10.1. The molecule has 0 saturated carbocycles. The van der Waals surface area contributed by atoms with Crippen LogP contribution in [0.3, 0.4) is 0 Å².